The van der Waals surface area contributed by atoms with Gasteiger partial charge < -0.3 is 9.47 Å². The maximum atomic E-state index is 5.42. The van der Waals surface area contributed by atoms with Crippen LogP contribution in [0.4, 0.5) is 0 Å². The van der Waals surface area contributed by atoms with Crippen LogP contribution in [0.2, 0.25) is 0 Å². The first-order chi connectivity index (χ1) is 4.87. The molecule has 2 rings (SSSR count). The highest BCUT2D eigenvalue weighted by atomic mass is 16.6. The number of rotatable bonds is 1. The lowest BCUT2D eigenvalue weighted by molar-refractivity contribution is 0.00304. The fourth-order valence-electron chi connectivity index (χ4n) is 1.93. The van der Waals surface area contributed by atoms with Gasteiger partial charge in [-0.05, 0) is 12.8 Å². The van der Waals surface area contributed by atoms with Crippen molar-refractivity contribution in [1.29, 1.82) is 0 Å². The second-order valence-corrected chi connectivity index (χ2v) is 3.32. The van der Waals surface area contributed by atoms with Crippen LogP contribution in [0, 0.1) is 0 Å². The molecule has 58 valence electrons. The molecule has 0 aromatic rings. The number of ether oxygens (including phenoxy) is 2. The van der Waals surface area contributed by atoms with E-state index in [1.54, 1.807) is 7.11 Å². The van der Waals surface area contributed by atoms with Gasteiger partial charge in [0.05, 0.1) is 12.7 Å². The Morgan fingerprint density at radius 2 is 2.30 bits per heavy atom. The van der Waals surface area contributed by atoms with E-state index in [1.165, 1.54) is 25.7 Å². The zero-order valence-electron chi connectivity index (χ0n) is 6.43. The molecule has 2 heteroatoms. The molecule has 0 aromatic heterocycles. The summed E-state index contributed by atoms with van der Waals surface area (Å²) in [6.45, 7) is 0.936. The molecule has 2 atom stereocenters. The molecule has 0 N–H and O–H groups in total. The van der Waals surface area contributed by atoms with Crippen LogP contribution in [0.3, 0.4) is 0 Å². The lowest BCUT2D eigenvalue weighted by Gasteiger charge is -2.27. The first-order valence-corrected chi connectivity index (χ1v) is 4.04. The van der Waals surface area contributed by atoms with Gasteiger partial charge in [-0.1, -0.05) is 12.8 Å². The Morgan fingerprint density at radius 1 is 1.50 bits per heavy atom. The highest BCUT2D eigenvalue weighted by Gasteiger charge is 2.52. The van der Waals surface area contributed by atoms with E-state index in [2.05, 4.69) is 0 Å². The van der Waals surface area contributed by atoms with Crippen LogP contribution in [0.15, 0.2) is 0 Å². The summed E-state index contributed by atoms with van der Waals surface area (Å²) in [6.07, 6.45) is 5.42. The third kappa shape index (κ3) is 0.867. The van der Waals surface area contributed by atoms with Crippen LogP contribution < -0.4 is 0 Å². The molecule has 0 amide bonds. The smallest absolute Gasteiger partial charge is 0.118 e. The van der Waals surface area contributed by atoms with E-state index >= 15 is 0 Å². The van der Waals surface area contributed by atoms with Crippen LogP contribution in [0.5, 0.6) is 0 Å². The fraction of sp³-hybridized carbons (Fsp3) is 1.00. The van der Waals surface area contributed by atoms with Crippen LogP contribution in [0.25, 0.3) is 0 Å². The summed E-state index contributed by atoms with van der Waals surface area (Å²) >= 11 is 0. The third-order valence-corrected chi connectivity index (χ3v) is 2.70. The Labute approximate surface area is 61.5 Å². The Kier molecular flexibility index (Phi) is 1.46. The Hall–Kier alpha value is -0.0800. The summed E-state index contributed by atoms with van der Waals surface area (Å²) in [4.78, 5) is 0. The van der Waals surface area contributed by atoms with E-state index in [4.69, 9.17) is 9.47 Å². The van der Waals surface area contributed by atoms with Crippen LogP contribution in [-0.4, -0.2) is 25.4 Å². The molecular weight excluding hydrogens is 128 g/mol. The Balaban J connectivity index is 2.01. The molecule has 2 fully saturated rings. The van der Waals surface area contributed by atoms with Gasteiger partial charge in [0.15, 0.2) is 0 Å². The van der Waals surface area contributed by atoms with Gasteiger partial charge >= 0.3 is 0 Å². The summed E-state index contributed by atoms with van der Waals surface area (Å²) in [6, 6.07) is 0. The van der Waals surface area contributed by atoms with Crippen LogP contribution >= 0.6 is 0 Å². The highest BCUT2D eigenvalue weighted by molar-refractivity contribution is 5.01. The minimum Gasteiger partial charge on any atom is -0.378 e. The Bertz CT molecular complexity index is 129. The van der Waals surface area contributed by atoms with E-state index in [0.29, 0.717) is 6.10 Å². The summed E-state index contributed by atoms with van der Waals surface area (Å²) in [5.74, 6) is 0. The number of hydrogen-bond acceptors (Lipinski definition) is 2. The fourth-order valence-corrected chi connectivity index (χ4v) is 1.93. The SMILES string of the molecule is COC1CCCCC12CO2. The molecule has 0 bridgehead atoms. The molecule has 10 heavy (non-hydrogen) atoms. The minimum absolute atomic E-state index is 0.174. The van der Waals surface area contributed by atoms with Crippen molar-refractivity contribution in [3.05, 3.63) is 0 Å². The van der Waals surface area contributed by atoms with Crippen molar-refractivity contribution < 1.29 is 9.47 Å². The van der Waals surface area contributed by atoms with Crippen molar-refractivity contribution in [3.8, 4) is 0 Å². The first kappa shape index (κ1) is 6.62. The zero-order valence-corrected chi connectivity index (χ0v) is 6.43. The average molecular weight is 142 g/mol. The highest BCUT2D eigenvalue weighted by Crippen LogP contribution is 2.42. The lowest BCUT2D eigenvalue weighted by Crippen LogP contribution is -2.34. The largest absolute Gasteiger partial charge is 0.378 e. The zero-order chi connectivity index (χ0) is 7.03. The molecule has 1 spiro atoms. The summed E-state index contributed by atoms with van der Waals surface area (Å²) < 4.78 is 10.8. The lowest BCUT2D eigenvalue weighted by atomic mass is 9.87. The van der Waals surface area contributed by atoms with Crippen LogP contribution in [-0.2, 0) is 9.47 Å². The molecule has 1 heterocycles. The molecule has 0 radical (unpaired) electrons. The number of methoxy groups -OCH3 is 1. The van der Waals surface area contributed by atoms with E-state index in [-0.39, 0.29) is 5.60 Å². The van der Waals surface area contributed by atoms with E-state index in [1.807, 2.05) is 0 Å². The molecule has 2 nitrogen and oxygen atoms in total. The monoisotopic (exact) mass is 142 g/mol. The van der Waals surface area contributed by atoms with Crippen molar-refractivity contribution in [2.24, 2.45) is 0 Å². The normalized spacial score (nSPS) is 45.9. The molecule has 1 saturated carbocycles. The standard InChI is InChI=1S/C8H14O2/c1-9-7-4-2-3-5-8(7)6-10-8/h7H,2-6H2,1H3. The van der Waals surface area contributed by atoms with Gasteiger partial charge in [0.25, 0.3) is 0 Å². The van der Waals surface area contributed by atoms with Gasteiger partial charge in [-0.2, -0.15) is 0 Å². The van der Waals surface area contributed by atoms with Crippen molar-refractivity contribution in [2.45, 2.75) is 37.4 Å². The van der Waals surface area contributed by atoms with Gasteiger partial charge in [-0.3, -0.25) is 0 Å². The van der Waals surface area contributed by atoms with Gasteiger partial charge in [-0.15, -0.1) is 0 Å². The maximum Gasteiger partial charge on any atom is 0.118 e. The van der Waals surface area contributed by atoms with Crippen molar-refractivity contribution in [2.75, 3.05) is 13.7 Å². The average Bonchev–Trinajstić information content (AvgIpc) is 2.71. The molecule has 1 saturated heterocycles. The van der Waals surface area contributed by atoms with Gasteiger partial charge in [0, 0.05) is 7.11 Å². The van der Waals surface area contributed by atoms with Gasteiger partial charge in [-0.25, -0.2) is 0 Å². The van der Waals surface area contributed by atoms with Gasteiger partial charge in [0.2, 0.25) is 0 Å². The third-order valence-electron chi connectivity index (χ3n) is 2.70. The van der Waals surface area contributed by atoms with E-state index in [0.717, 1.165) is 6.61 Å². The quantitative estimate of drug-likeness (QED) is 0.515. The first-order valence-electron chi connectivity index (χ1n) is 4.04. The maximum absolute atomic E-state index is 5.42. The predicted molar refractivity (Wildman–Crippen MR) is 37.9 cm³/mol. The number of epoxide rings is 1. The molecule has 1 aliphatic carbocycles. The minimum atomic E-state index is 0.174. The van der Waals surface area contributed by atoms with Crippen molar-refractivity contribution >= 4 is 0 Å². The molecule has 2 aliphatic rings. The van der Waals surface area contributed by atoms with E-state index < -0.39 is 0 Å². The van der Waals surface area contributed by atoms with Crippen molar-refractivity contribution in [3.63, 3.8) is 0 Å². The summed E-state index contributed by atoms with van der Waals surface area (Å²) in [7, 11) is 1.79. The second-order valence-electron chi connectivity index (χ2n) is 3.32. The predicted octanol–water partition coefficient (Wildman–Crippen LogP) is 1.34. The molecule has 0 aromatic carbocycles. The molecule has 2 unspecified atom stereocenters. The number of hydrogen-bond donors (Lipinski definition) is 0. The van der Waals surface area contributed by atoms with Gasteiger partial charge in [0.1, 0.15) is 5.60 Å². The second kappa shape index (κ2) is 2.21. The summed E-state index contributed by atoms with van der Waals surface area (Å²) in [5, 5.41) is 0. The molecular formula is C8H14O2. The summed E-state index contributed by atoms with van der Waals surface area (Å²) in [5.41, 5.74) is 0.174. The Morgan fingerprint density at radius 3 is 2.80 bits per heavy atom. The van der Waals surface area contributed by atoms with Crippen LogP contribution in [0.1, 0.15) is 25.7 Å². The van der Waals surface area contributed by atoms with Crippen molar-refractivity contribution in [1.82, 2.24) is 0 Å². The topological polar surface area (TPSA) is 21.8 Å². The molecule has 1 aliphatic heterocycles. The van der Waals surface area contributed by atoms with E-state index in [9.17, 15) is 0 Å².